The molecule has 0 spiro atoms. The Labute approximate surface area is 127 Å². The highest BCUT2D eigenvalue weighted by Crippen LogP contribution is 2.31. The lowest BCUT2D eigenvalue weighted by Crippen LogP contribution is -2.30. The first kappa shape index (κ1) is 15.4. The van der Waals surface area contributed by atoms with E-state index in [1.165, 1.54) is 11.3 Å². The molecule has 1 fully saturated rings. The van der Waals surface area contributed by atoms with Gasteiger partial charge in [-0.2, -0.15) is 5.26 Å². The van der Waals surface area contributed by atoms with E-state index in [1.54, 1.807) is 11.8 Å². The molecular formula is C14H19N3OS2. The minimum atomic E-state index is -0.00807. The molecule has 1 aromatic rings. The fraction of sp³-hybridized carbons (Fsp3) is 0.571. The van der Waals surface area contributed by atoms with Gasteiger partial charge in [-0.1, -0.05) is 0 Å². The quantitative estimate of drug-likeness (QED) is 0.897. The summed E-state index contributed by atoms with van der Waals surface area (Å²) in [4.78, 5) is 13.1. The highest BCUT2D eigenvalue weighted by Gasteiger charge is 2.17. The standard InChI is InChI=1S/C14H19N3OS2/c1-9-10(2)20-14(12(9)7-15)17-13(18)8-19-11-3-5-16-6-4-11/h11,16H,3-6,8H2,1-2H3,(H,17,18). The van der Waals surface area contributed by atoms with Crippen molar-refractivity contribution in [2.75, 3.05) is 24.2 Å². The van der Waals surface area contributed by atoms with E-state index >= 15 is 0 Å². The van der Waals surface area contributed by atoms with E-state index in [0.717, 1.165) is 36.4 Å². The van der Waals surface area contributed by atoms with Crippen LogP contribution in [0, 0.1) is 25.2 Å². The lowest BCUT2D eigenvalue weighted by molar-refractivity contribution is -0.113. The van der Waals surface area contributed by atoms with Crippen LogP contribution in [-0.2, 0) is 4.79 Å². The van der Waals surface area contributed by atoms with Crippen molar-refractivity contribution in [2.24, 2.45) is 0 Å². The number of hydrogen-bond donors (Lipinski definition) is 2. The number of rotatable bonds is 4. The third kappa shape index (κ3) is 3.75. The molecule has 0 unspecified atom stereocenters. The fourth-order valence-corrected chi connectivity index (χ4v) is 4.22. The average Bonchev–Trinajstić information content (AvgIpc) is 2.72. The first-order valence-electron chi connectivity index (χ1n) is 6.74. The second-order valence-electron chi connectivity index (χ2n) is 4.91. The summed E-state index contributed by atoms with van der Waals surface area (Å²) in [6.07, 6.45) is 2.25. The molecule has 0 aromatic carbocycles. The average molecular weight is 309 g/mol. The fourth-order valence-electron chi connectivity index (χ4n) is 2.17. The van der Waals surface area contributed by atoms with Crippen molar-refractivity contribution in [2.45, 2.75) is 31.9 Å². The number of hydrogen-bond acceptors (Lipinski definition) is 5. The summed E-state index contributed by atoms with van der Waals surface area (Å²) in [7, 11) is 0. The summed E-state index contributed by atoms with van der Waals surface area (Å²) in [6, 6.07) is 2.18. The lowest BCUT2D eigenvalue weighted by atomic mass is 10.2. The number of anilines is 1. The Morgan fingerprint density at radius 2 is 2.20 bits per heavy atom. The Kier molecular flexibility index (Phi) is 5.46. The van der Waals surface area contributed by atoms with Gasteiger partial charge in [-0.25, -0.2) is 0 Å². The lowest BCUT2D eigenvalue weighted by Gasteiger charge is -2.21. The number of nitriles is 1. The predicted molar refractivity (Wildman–Crippen MR) is 85.5 cm³/mol. The molecule has 0 saturated carbocycles. The number of amides is 1. The summed E-state index contributed by atoms with van der Waals surface area (Å²) in [5, 5.41) is 16.6. The molecule has 1 aliphatic heterocycles. The molecule has 4 nitrogen and oxygen atoms in total. The summed E-state index contributed by atoms with van der Waals surface area (Å²) >= 11 is 3.20. The maximum Gasteiger partial charge on any atom is 0.235 e. The first-order valence-corrected chi connectivity index (χ1v) is 8.60. The van der Waals surface area contributed by atoms with Gasteiger partial charge in [0.1, 0.15) is 11.1 Å². The second kappa shape index (κ2) is 7.11. The van der Waals surface area contributed by atoms with Gasteiger partial charge in [0.2, 0.25) is 5.91 Å². The van der Waals surface area contributed by atoms with E-state index in [1.807, 2.05) is 13.8 Å². The van der Waals surface area contributed by atoms with Crippen molar-refractivity contribution in [3.63, 3.8) is 0 Å². The van der Waals surface area contributed by atoms with Gasteiger partial charge in [0, 0.05) is 10.1 Å². The summed E-state index contributed by atoms with van der Waals surface area (Å²) in [5.74, 6) is 0.456. The van der Waals surface area contributed by atoms with E-state index in [-0.39, 0.29) is 5.91 Å². The van der Waals surface area contributed by atoms with Crippen LogP contribution in [0.25, 0.3) is 0 Å². The smallest absolute Gasteiger partial charge is 0.235 e. The number of thiophene rings is 1. The van der Waals surface area contributed by atoms with Gasteiger partial charge in [0.15, 0.2) is 0 Å². The van der Waals surface area contributed by atoms with E-state index in [9.17, 15) is 4.79 Å². The van der Waals surface area contributed by atoms with Crippen molar-refractivity contribution in [3.8, 4) is 6.07 Å². The van der Waals surface area contributed by atoms with E-state index in [2.05, 4.69) is 16.7 Å². The van der Waals surface area contributed by atoms with Crippen LogP contribution in [0.5, 0.6) is 0 Å². The minimum absolute atomic E-state index is 0.00807. The number of carbonyl (C=O) groups is 1. The SMILES string of the molecule is Cc1sc(NC(=O)CSC2CCNCC2)c(C#N)c1C. The van der Waals surface area contributed by atoms with E-state index < -0.39 is 0 Å². The molecule has 1 amide bonds. The Morgan fingerprint density at radius 1 is 1.50 bits per heavy atom. The van der Waals surface area contributed by atoms with Gasteiger partial charge in [-0.3, -0.25) is 4.79 Å². The zero-order chi connectivity index (χ0) is 14.5. The molecule has 6 heteroatoms. The maximum atomic E-state index is 12.0. The van der Waals surface area contributed by atoms with Crippen molar-refractivity contribution in [1.29, 1.82) is 5.26 Å². The second-order valence-corrected chi connectivity index (χ2v) is 7.42. The number of nitrogens with zero attached hydrogens (tertiary/aromatic N) is 1. The Balaban J connectivity index is 1.88. The van der Waals surface area contributed by atoms with Crippen LogP contribution >= 0.6 is 23.1 Å². The topological polar surface area (TPSA) is 64.9 Å². The summed E-state index contributed by atoms with van der Waals surface area (Å²) < 4.78 is 0. The van der Waals surface area contributed by atoms with Crippen LogP contribution in [0.4, 0.5) is 5.00 Å². The molecule has 0 atom stereocenters. The van der Waals surface area contributed by atoms with Gasteiger partial charge in [-0.05, 0) is 45.3 Å². The largest absolute Gasteiger partial charge is 0.317 e. The van der Waals surface area contributed by atoms with Gasteiger partial charge in [-0.15, -0.1) is 23.1 Å². The summed E-state index contributed by atoms with van der Waals surface area (Å²) in [6.45, 7) is 5.98. The molecule has 1 saturated heterocycles. The van der Waals surface area contributed by atoms with Crippen molar-refractivity contribution in [3.05, 3.63) is 16.0 Å². The number of nitrogens with one attached hydrogen (secondary N) is 2. The Hall–Kier alpha value is -1.03. The number of thioether (sulfide) groups is 1. The third-order valence-electron chi connectivity index (χ3n) is 3.49. The number of carbonyl (C=O) groups excluding carboxylic acids is 1. The van der Waals surface area contributed by atoms with Crippen molar-refractivity contribution in [1.82, 2.24) is 5.32 Å². The van der Waals surface area contributed by atoms with Gasteiger partial charge < -0.3 is 10.6 Å². The third-order valence-corrected chi connectivity index (χ3v) is 5.98. The van der Waals surface area contributed by atoms with Crippen LogP contribution in [0.15, 0.2) is 0 Å². The van der Waals surface area contributed by atoms with Crippen LogP contribution in [-0.4, -0.2) is 30.0 Å². The zero-order valence-corrected chi connectivity index (χ0v) is 13.4. The minimum Gasteiger partial charge on any atom is -0.317 e. The van der Waals surface area contributed by atoms with Crippen LogP contribution in [0.2, 0.25) is 0 Å². The molecular weight excluding hydrogens is 290 g/mol. The highest BCUT2D eigenvalue weighted by atomic mass is 32.2. The van der Waals surface area contributed by atoms with Crippen LogP contribution in [0.1, 0.15) is 28.8 Å². The Morgan fingerprint density at radius 3 is 2.85 bits per heavy atom. The summed E-state index contributed by atoms with van der Waals surface area (Å²) in [5.41, 5.74) is 1.58. The van der Waals surface area contributed by atoms with E-state index in [4.69, 9.17) is 5.26 Å². The van der Waals surface area contributed by atoms with Gasteiger partial charge in [0.05, 0.1) is 11.3 Å². The van der Waals surface area contributed by atoms with Gasteiger partial charge >= 0.3 is 0 Å². The number of piperidine rings is 1. The molecule has 1 aromatic heterocycles. The maximum absolute atomic E-state index is 12.0. The van der Waals surface area contributed by atoms with Crippen molar-refractivity contribution < 1.29 is 4.79 Å². The molecule has 1 aliphatic rings. The molecule has 2 heterocycles. The molecule has 20 heavy (non-hydrogen) atoms. The molecule has 0 aliphatic carbocycles. The monoisotopic (exact) mass is 309 g/mol. The predicted octanol–water partition coefficient (Wildman–Crippen LogP) is 2.66. The molecule has 0 radical (unpaired) electrons. The zero-order valence-electron chi connectivity index (χ0n) is 11.8. The number of aryl methyl sites for hydroxylation is 1. The van der Waals surface area contributed by atoms with E-state index in [0.29, 0.717) is 21.6 Å². The molecule has 2 N–H and O–H groups in total. The van der Waals surface area contributed by atoms with Crippen LogP contribution < -0.4 is 10.6 Å². The van der Waals surface area contributed by atoms with Crippen LogP contribution in [0.3, 0.4) is 0 Å². The molecule has 108 valence electrons. The van der Waals surface area contributed by atoms with Crippen molar-refractivity contribution >= 4 is 34.0 Å². The van der Waals surface area contributed by atoms with Gasteiger partial charge in [0.25, 0.3) is 0 Å². The first-order chi connectivity index (χ1) is 9.61. The normalized spacial score (nSPS) is 15.8. The molecule has 2 rings (SSSR count). The molecule has 0 bridgehead atoms. The highest BCUT2D eigenvalue weighted by molar-refractivity contribution is 8.00. The Bertz CT molecular complexity index is 527.